The first-order valence-electron chi connectivity index (χ1n) is 4.00. The summed E-state index contributed by atoms with van der Waals surface area (Å²) in [7, 11) is -1.92. The summed E-state index contributed by atoms with van der Waals surface area (Å²) in [5, 5.41) is 3.17. The molecule has 1 fully saturated rings. The zero-order valence-electron chi connectivity index (χ0n) is 7.89. The maximum atomic E-state index is 11.2. The molecule has 0 unspecified atom stereocenters. The molecule has 0 spiro atoms. The molecule has 1 aliphatic heterocycles. The average Bonchev–Trinajstić information content (AvgIpc) is 1.78. The van der Waals surface area contributed by atoms with Crippen LogP contribution in [0.5, 0.6) is 0 Å². The van der Waals surface area contributed by atoms with E-state index in [0.29, 0.717) is 6.54 Å². The van der Waals surface area contributed by atoms with Crippen LogP contribution in [0.1, 0.15) is 6.92 Å². The summed E-state index contributed by atoms with van der Waals surface area (Å²) >= 11 is 0. The highest BCUT2D eigenvalue weighted by atomic mass is 32.2. The van der Waals surface area contributed by atoms with Gasteiger partial charge in [0.1, 0.15) is 0 Å². The number of rotatable bonds is 2. The Labute approximate surface area is 74.4 Å². The van der Waals surface area contributed by atoms with Gasteiger partial charge >= 0.3 is 0 Å². The van der Waals surface area contributed by atoms with Crippen molar-refractivity contribution in [1.82, 2.24) is 5.32 Å². The highest BCUT2D eigenvalue weighted by molar-refractivity contribution is 7.92. The van der Waals surface area contributed by atoms with Gasteiger partial charge < -0.3 is 5.32 Å². The van der Waals surface area contributed by atoms with Crippen LogP contribution in [0.3, 0.4) is 0 Å². The van der Waals surface area contributed by atoms with Crippen LogP contribution in [0, 0.1) is 0 Å². The van der Waals surface area contributed by atoms with Crippen molar-refractivity contribution in [2.45, 2.75) is 6.92 Å². The molecule has 0 aromatic carbocycles. The standard InChI is InChI=1S/C8H16N2OS/c1-7(8-5-9-6-8)4-10-12(2,3)11/h9H,4-6H2,1-3H3. The van der Waals surface area contributed by atoms with E-state index < -0.39 is 9.73 Å². The quantitative estimate of drug-likeness (QED) is 0.646. The summed E-state index contributed by atoms with van der Waals surface area (Å²) in [5.41, 5.74) is 2.69. The first-order chi connectivity index (χ1) is 5.49. The number of hydrogen-bond donors (Lipinski definition) is 1. The Balaban J connectivity index is 2.58. The topological polar surface area (TPSA) is 41.5 Å². The van der Waals surface area contributed by atoms with Crippen molar-refractivity contribution in [3.63, 3.8) is 0 Å². The predicted octanol–water partition coefficient (Wildman–Crippen LogP) is 0.634. The molecule has 1 N–H and O–H groups in total. The van der Waals surface area contributed by atoms with Crippen LogP contribution >= 0.6 is 0 Å². The van der Waals surface area contributed by atoms with Gasteiger partial charge in [-0.3, -0.25) is 4.21 Å². The lowest BCUT2D eigenvalue weighted by Crippen LogP contribution is -2.35. The Hall–Kier alpha value is -0.350. The summed E-state index contributed by atoms with van der Waals surface area (Å²) in [4.78, 5) is 0. The minimum Gasteiger partial charge on any atom is -0.309 e. The Morgan fingerprint density at radius 2 is 2.17 bits per heavy atom. The molecule has 1 aliphatic rings. The number of nitrogens with zero attached hydrogens (tertiary/aromatic N) is 1. The first kappa shape index (κ1) is 9.74. The van der Waals surface area contributed by atoms with Gasteiger partial charge in [0.15, 0.2) is 0 Å². The monoisotopic (exact) mass is 188 g/mol. The molecule has 0 bridgehead atoms. The van der Waals surface area contributed by atoms with E-state index in [1.165, 1.54) is 11.1 Å². The van der Waals surface area contributed by atoms with E-state index in [1.807, 2.05) is 0 Å². The second-order valence-corrected chi connectivity index (χ2v) is 6.08. The van der Waals surface area contributed by atoms with Gasteiger partial charge in [-0.1, -0.05) is 0 Å². The predicted molar refractivity (Wildman–Crippen MR) is 52.9 cm³/mol. The lowest BCUT2D eigenvalue weighted by molar-refractivity contribution is 0.654. The molecule has 3 nitrogen and oxygen atoms in total. The van der Waals surface area contributed by atoms with Crippen molar-refractivity contribution >= 4 is 9.73 Å². The Morgan fingerprint density at radius 1 is 1.58 bits per heavy atom. The summed E-state index contributed by atoms with van der Waals surface area (Å²) in [6, 6.07) is 0. The minimum absolute atomic E-state index is 0.628. The fraction of sp³-hybridized carbons (Fsp3) is 0.750. The zero-order valence-corrected chi connectivity index (χ0v) is 8.70. The third-order valence-corrected chi connectivity index (χ3v) is 2.64. The van der Waals surface area contributed by atoms with Crippen LogP contribution in [-0.4, -0.2) is 36.4 Å². The lowest BCUT2D eigenvalue weighted by atomic mass is 10.1. The van der Waals surface area contributed by atoms with Gasteiger partial charge in [0.25, 0.3) is 0 Å². The van der Waals surface area contributed by atoms with Gasteiger partial charge in [0.05, 0.1) is 6.54 Å². The van der Waals surface area contributed by atoms with Crippen molar-refractivity contribution in [3.8, 4) is 0 Å². The van der Waals surface area contributed by atoms with E-state index in [-0.39, 0.29) is 0 Å². The lowest BCUT2D eigenvalue weighted by Gasteiger charge is -2.21. The molecule has 4 heteroatoms. The summed E-state index contributed by atoms with van der Waals surface area (Å²) in [5.74, 6) is 0. The normalized spacial score (nSPS) is 17.1. The van der Waals surface area contributed by atoms with E-state index in [2.05, 4.69) is 16.6 Å². The van der Waals surface area contributed by atoms with Crippen molar-refractivity contribution in [3.05, 3.63) is 11.1 Å². The van der Waals surface area contributed by atoms with E-state index >= 15 is 0 Å². The Morgan fingerprint density at radius 3 is 2.50 bits per heavy atom. The van der Waals surface area contributed by atoms with Crippen LogP contribution in [0.25, 0.3) is 0 Å². The average molecular weight is 188 g/mol. The SMILES string of the molecule is CC(CN=S(C)(C)=O)=C1CNC1. The minimum atomic E-state index is -1.92. The van der Waals surface area contributed by atoms with Crippen LogP contribution in [0.15, 0.2) is 15.5 Å². The van der Waals surface area contributed by atoms with Crippen LogP contribution in [0.4, 0.5) is 0 Å². The fourth-order valence-electron chi connectivity index (χ4n) is 0.916. The van der Waals surface area contributed by atoms with E-state index in [4.69, 9.17) is 0 Å². The molecule has 1 saturated heterocycles. The summed E-state index contributed by atoms with van der Waals surface area (Å²) in [6.45, 7) is 4.65. The molecule has 1 rings (SSSR count). The molecule has 1 heterocycles. The van der Waals surface area contributed by atoms with E-state index in [0.717, 1.165) is 13.1 Å². The maximum Gasteiger partial charge on any atom is 0.0695 e. The zero-order chi connectivity index (χ0) is 9.19. The molecule has 0 aliphatic carbocycles. The maximum absolute atomic E-state index is 11.2. The molecule has 12 heavy (non-hydrogen) atoms. The van der Waals surface area contributed by atoms with Gasteiger partial charge in [-0.25, -0.2) is 4.36 Å². The molecule has 0 aromatic heterocycles. The molecular formula is C8H16N2OS. The summed E-state index contributed by atoms with van der Waals surface area (Å²) in [6.07, 6.45) is 3.34. The van der Waals surface area contributed by atoms with Crippen LogP contribution in [0.2, 0.25) is 0 Å². The third-order valence-electron chi connectivity index (χ3n) is 1.89. The molecule has 0 aromatic rings. The van der Waals surface area contributed by atoms with Gasteiger partial charge in [0, 0.05) is 35.3 Å². The second-order valence-electron chi connectivity index (χ2n) is 3.46. The van der Waals surface area contributed by atoms with Crippen molar-refractivity contribution in [2.75, 3.05) is 32.1 Å². The van der Waals surface area contributed by atoms with E-state index in [9.17, 15) is 4.21 Å². The second kappa shape index (κ2) is 3.58. The number of nitrogens with one attached hydrogen (secondary N) is 1. The van der Waals surface area contributed by atoms with Crippen LogP contribution < -0.4 is 5.32 Å². The molecule has 0 radical (unpaired) electrons. The van der Waals surface area contributed by atoms with Gasteiger partial charge in [-0.2, -0.15) is 0 Å². The summed E-state index contributed by atoms with van der Waals surface area (Å²) < 4.78 is 15.3. The van der Waals surface area contributed by atoms with Crippen LogP contribution in [-0.2, 0) is 9.73 Å². The molecule has 0 atom stereocenters. The van der Waals surface area contributed by atoms with E-state index in [1.54, 1.807) is 12.5 Å². The molecule has 0 saturated carbocycles. The first-order valence-corrected chi connectivity index (χ1v) is 6.33. The Kier molecular flexibility index (Phi) is 2.90. The van der Waals surface area contributed by atoms with Gasteiger partial charge in [-0.05, 0) is 18.1 Å². The molecule has 70 valence electrons. The van der Waals surface area contributed by atoms with Gasteiger partial charge in [0.2, 0.25) is 0 Å². The molecular weight excluding hydrogens is 172 g/mol. The Bertz CT molecular complexity index is 297. The van der Waals surface area contributed by atoms with Crippen molar-refractivity contribution < 1.29 is 4.21 Å². The number of hydrogen-bond acceptors (Lipinski definition) is 3. The smallest absolute Gasteiger partial charge is 0.0695 e. The largest absolute Gasteiger partial charge is 0.309 e. The molecule has 0 amide bonds. The van der Waals surface area contributed by atoms with Crippen molar-refractivity contribution in [2.24, 2.45) is 4.36 Å². The third kappa shape index (κ3) is 2.95. The van der Waals surface area contributed by atoms with Crippen molar-refractivity contribution in [1.29, 1.82) is 0 Å². The van der Waals surface area contributed by atoms with Gasteiger partial charge in [-0.15, -0.1) is 0 Å². The highest BCUT2D eigenvalue weighted by Gasteiger charge is 2.09. The highest BCUT2D eigenvalue weighted by Crippen LogP contribution is 2.09. The fourth-order valence-corrected chi connectivity index (χ4v) is 1.42.